The number of halogens is 2. The zero-order chi connectivity index (χ0) is 15.8. The van der Waals surface area contributed by atoms with Gasteiger partial charge in [-0.05, 0) is 42.0 Å². The predicted molar refractivity (Wildman–Crippen MR) is 95.2 cm³/mol. The first-order chi connectivity index (χ1) is 10.7. The van der Waals surface area contributed by atoms with Crippen LogP contribution in [0.4, 0.5) is 4.39 Å². The summed E-state index contributed by atoms with van der Waals surface area (Å²) in [6.45, 7) is 2.25. The van der Waals surface area contributed by atoms with Gasteiger partial charge >= 0.3 is 0 Å². The van der Waals surface area contributed by atoms with Crippen molar-refractivity contribution in [1.29, 1.82) is 0 Å². The van der Waals surface area contributed by atoms with Gasteiger partial charge in [0, 0.05) is 10.4 Å². The second-order valence-electron chi connectivity index (χ2n) is 6.12. The van der Waals surface area contributed by atoms with Crippen molar-refractivity contribution in [3.05, 3.63) is 46.7 Å². The summed E-state index contributed by atoms with van der Waals surface area (Å²) < 4.78 is 13.8. The van der Waals surface area contributed by atoms with E-state index in [1.165, 1.54) is 51.0 Å². The molecule has 0 aliphatic rings. The van der Waals surface area contributed by atoms with E-state index in [1.54, 1.807) is 6.07 Å². The molecule has 2 aromatic rings. The van der Waals surface area contributed by atoms with Crippen molar-refractivity contribution in [2.24, 2.45) is 0 Å². The highest BCUT2D eigenvalue weighted by Crippen LogP contribution is 2.28. The standard InChI is InChI=1S/C20H26ClF/c1-2-3-4-5-6-7-8-9-11-16-14-17(22)15-19-18(16)12-10-13-20(19)21/h10,12-15H,2-9,11H2,1H3. The third-order valence-corrected chi connectivity index (χ3v) is 4.62. The quantitative estimate of drug-likeness (QED) is 0.425. The summed E-state index contributed by atoms with van der Waals surface area (Å²) in [4.78, 5) is 0. The second kappa shape index (κ2) is 9.15. The third-order valence-electron chi connectivity index (χ3n) is 4.29. The number of benzene rings is 2. The van der Waals surface area contributed by atoms with Gasteiger partial charge in [0.25, 0.3) is 0 Å². The van der Waals surface area contributed by atoms with E-state index in [9.17, 15) is 4.39 Å². The Bertz CT molecular complexity index is 592. The Kier molecular flexibility index (Phi) is 7.18. The van der Waals surface area contributed by atoms with Gasteiger partial charge in [-0.15, -0.1) is 0 Å². The molecule has 0 N–H and O–H groups in total. The molecule has 0 heterocycles. The SMILES string of the molecule is CCCCCCCCCCc1cc(F)cc2c(Cl)cccc12. The third kappa shape index (κ3) is 4.98. The topological polar surface area (TPSA) is 0 Å². The average Bonchev–Trinajstić information content (AvgIpc) is 2.51. The maximum atomic E-state index is 13.8. The zero-order valence-electron chi connectivity index (χ0n) is 13.5. The summed E-state index contributed by atoms with van der Waals surface area (Å²) in [6.07, 6.45) is 11.3. The Labute approximate surface area is 138 Å². The molecule has 0 unspecified atom stereocenters. The molecule has 0 spiro atoms. The van der Waals surface area contributed by atoms with Gasteiger partial charge in [-0.1, -0.05) is 75.6 Å². The molecule has 0 fully saturated rings. The van der Waals surface area contributed by atoms with Gasteiger partial charge in [-0.2, -0.15) is 0 Å². The maximum Gasteiger partial charge on any atom is 0.124 e. The molecule has 0 nitrogen and oxygen atoms in total. The van der Waals surface area contributed by atoms with Crippen molar-refractivity contribution < 1.29 is 4.39 Å². The van der Waals surface area contributed by atoms with E-state index in [1.807, 2.05) is 18.2 Å². The summed E-state index contributed by atoms with van der Waals surface area (Å²) in [5.41, 5.74) is 1.09. The van der Waals surface area contributed by atoms with Crippen molar-refractivity contribution in [3.63, 3.8) is 0 Å². The number of fused-ring (bicyclic) bond motifs is 1. The van der Waals surface area contributed by atoms with Crippen LogP contribution in [0.25, 0.3) is 10.8 Å². The number of hydrogen-bond donors (Lipinski definition) is 0. The van der Waals surface area contributed by atoms with Crippen LogP contribution in [-0.2, 0) is 6.42 Å². The van der Waals surface area contributed by atoms with Gasteiger partial charge in [0.15, 0.2) is 0 Å². The summed E-state index contributed by atoms with van der Waals surface area (Å²) in [5, 5.41) is 2.56. The molecule has 2 aromatic carbocycles. The number of unbranched alkanes of at least 4 members (excludes halogenated alkanes) is 7. The summed E-state index contributed by atoms with van der Waals surface area (Å²) in [6, 6.07) is 9.01. The predicted octanol–water partition coefficient (Wildman–Crippen LogP) is 7.32. The van der Waals surface area contributed by atoms with Crippen molar-refractivity contribution in [2.75, 3.05) is 0 Å². The monoisotopic (exact) mass is 320 g/mol. The first kappa shape index (κ1) is 17.3. The van der Waals surface area contributed by atoms with E-state index in [-0.39, 0.29) is 5.82 Å². The minimum absolute atomic E-state index is 0.185. The lowest BCUT2D eigenvalue weighted by Gasteiger charge is -2.08. The molecule has 2 rings (SSSR count). The van der Waals surface area contributed by atoms with Crippen LogP contribution < -0.4 is 0 Å². The van der Waals surface area contributed by atoms with Gasteiger partial charge < -0.3 is 0 Å². The van der Waals surface area contributed by atoms with E-state index >= 15 is 0 Å². The Morgan fingerprint density at radius 2 is 1.55 bits per heavy atom. The van der Waals surface area contributed by atoms with Crippen molar-refractivity contribution in [3.8, 4) is 0 Å². The van der Waals surface area contributed by atoms with Gasteiger partial charge in [-0.25, -0.2) is 4.39 Å². The molecular formula is C20H26ClF. The average molecular weight is 321 g/mol. The largest absolute Gasteiger partial charge is 0.207 e. The fraction of sp³-hybridized carbons (Fsp3) is 0.500. The number of hydrogen-bond acceptors (Lipinski definition) is 0. The van der Waals surface area contributed by atoms with Crippen molar-refractivity contribution in [1.82, 2.24) is 0 Å². The molecular weight excluding hydrogens is 295 g/mol. The van der Waals surface area contributed by atoms with Crippen LogP contribution >= 0.6 is 11.6 Å². The molecule has 2 heteroatoms. The Morgan fingerprint density at radius 1 is 0.864 bits per heavy atom. The van der Waals surface area contributed by atoms with E-state index in [0.29, 0.717) is 5.02 Å². The normalized spacial score (nSPS) is 11.2. The molecule has 0 aliphatic carbocycles. The fourth-order valence-electron chi connectivity index (χ4n) is 3.04. The van der Waals surface area contributed by atoms with E-state index < -0.39 is 0 Å². The summed E-state index contributed by atoms with van der Waals surface area (Å²) in [5.74, 6) is -0.185. The lowest BCUT2D eigenvalue weighted by atomic mass is 9.98. The van der Waals surface area contributed by atoms with Gasteiger partial charge in [0.2, 0.25) is 0 Å². The Balaban J connectivity index is 1.85. The lowest BCUT2D eigenvalue weighted by Crippen LogP contribution is -1.91. The summed E-state index contributed by atoms with van der Waals surface area (Å²) in [7, 11) is 0. The van der Waals surface area contributed by atoms with Crippen LogP contribution in [0.15, 0.2) is 30.3 Å². The lowest BCUT2D eigenvalue weighted by molar-refractivity contribution is 0.575. The van der Waals surface area contributed by atoms with Crippen molar-refractivity contribution in [2.45, 2.75) is 64.7 Å². The second-order valence-corrected chi connectivity index (χ2v) is 6.53. The first-order valence-corrected chi connectivity index (χ1v) is 8.97. The zero-order valence-corrected chi connectivity index (χ0v) is 14.3. The fourth-order valence-corrected chi connectivity index (χ4v) is 3.27. The Hall–Kier alpha value is -1.08. The molecule has 0 atom stereocenters. The van der Waals surface area contributed by atoms with Crippen LogP contribution in [0.5, 0.6) is 0 Å². The molecule has 22 heavy (non-hydrogen) atoms. The van der Waals surface area contributed by atoms with Crippen LogP contribution in [-0.4, -0.2) is 0 Å². The van der Waals surface area contributed by atoms with E-state index in [2.05, 4.69) is 6.92 Å². The van der Waals surface area contributed by atoms with Crippen LogP contribution in [0.2, 0.25) is 5.02 Å². The molecule has 120 valence electrons. The molecule has 0 bridgehead atoms. The van der Waals surface area contributed by atoms with Crippen molar-refractivity contribution >= 4 is 22.4 Å². The highest BCUT2D eigenvalue weighted by atomic mass is 35.5. The number of aryl methyl sites for hydroxylation is 1. The molecule has 0 saturated heterocycles. The van der Waals surface area contributed by atoms with Gasteiger partial charge in [0.1, 0.15) is 5.82 Å². The van der Waals surface area contributed by atoms with Crippen LogP contribution in [0.1, 0.15) is 63.9 Å². The van der Waals surface area contributed by atoms with E-state index in [4.69, 9.17) is 11.6 Å². The molecule has 0 radical (unpaired) electrons. The molecule has 0 saturated carbocycles. The number of rotatable bonds is 9. The summed E-state index contributed by atoms with van der Waals surface area (Å²) >= 11 is 6.18. The Morgan fingerprint density at radius 3 is 2.27 bits per heavy atom. The smallest absolute Gasteiger partial charge is 0.124 e. The van der Waals surface area contributed by atoms with Gasteiger partial charge in [-0.3, -0.25) is 0 Å². The minimum atomic E-state index is -0.185. The van der Waals surface area contributed by atoms with Gasteiger partial charge in [0.05, 0.1) is 0 Å². The highest BCUT2D eigenvalue weighted by molar-refractivity contribution is 6.35. The van der Waals surface area contributed by atoms with Crippen LogP contribution in [0, 0.1) is 5.82 Å². The highest BCUT2D eigenvalue weighted by Gasteiger charge is 2.07. The molecule has 0 amide bonds. The minimum Gasteiger partial charge on any atom is -0.207 e. The van der Waals surface area contributed by atoms with Crippen LogP contribution in [0.3, 0.4) is 0 Å². The molecule has 0 aliphatic heterocycles. The molecule has 0 aromatic heterocycles. The van der Waals surface area contributed by atoms with E-state index in [0.717, 1.165) is 29.2 Å². The first-order valence-electron chi connectivity index (χ1n) is 8.59. The maximum absolute atomic E-state index is 13.8.